The van der Waals surface area contributed by atoms with Crippen LogP contribution in [0.4, 0.5) is 5.82 Å². The standard InChI is InChI=1S/C23H24ClN5O3.ClH/c1-2-32-23(31)19-10-16-17(11-25)22(28-9-5-7-15(26)13-28)29(20(16)21(30)27-19)12-14-6-3-4-8-18(14)24;/h3-4,6,8,10,15H,2,5,7,9,12-13,26H2,1H3,(H,27,30);1H/t15-;/m1./s1. The number of nitriles is 1. The van der Waals surface area contributed by atoms with Gasteiger partial charge in [-0.1, -0.05) is 29.8 Å². The average molecular weight is 490 g/mol. The molecule has 3 aromatic rings. The number of hydrogen-bond donors (Lipinski definition) is 2. The van der Waals surface area contributed by atoms with Crippen LogP contribution in [0.5, 0.6) is 0 Å². The van der Waals surface area contributed by atoms with Crippen molar-refractivity contribution in [1.82, 2.24) is 9.55 Å². The van der Waals surface area contributed by atoms with Crippen LogP contribution in [0.3, 0.4) is 0 Å². The molecular formula is C23H25Cl2N5O3. The molecule has 174 valence electrons. The number of fused-ring (bicyclic) bond motifs is 1. The number of nitrogens with zero attached hydrogens (tertiary/aromatic N) is 3. The summed E-state index contributed by atoms with van der Waals surface area (Å²) in [5.74, 6) is -0.0279. The molecule has 0 radical (unpaired) electrons. The Hall–Kier alpha value is -2.99. The molecule has 3 heterocycles. The summed E-state index contributed by atoms with van der Waals surface area (Å²) in [4.78, 5) is 30.1. The van der Waals surface area contributed by atoms with Gasteiger partial charge in [-0.05, 0) is 37.5 Å². The summed E-state index contributed by atoms with van der Waals surface area (Å²) < 4.78 is 6.85. The minimum Gasteiger partial charge on any atom is -0.461 e. The number of rotatable bonds is 5. The zero-order valence-corrected chi connectivity index (χ0v) is 19.7. The van der Waals surface area contributed by atoms with Crippen LogP contribution < -0.4 is 16.2 Å². The van der Waals surface area contributed by atoms with Crippen LogP contribution in [-0.2, 0) is 11.3 Å². The topological polar surface area (TPSA) is 117 Å². The Bertz CT molecular complexity index is 1280. The molecule has 10 heteroatoms. The predicted molar refractivity (Wildman–Crippen MR) is 130 cm³/mol. The SMILES string of the molecule is CCOC(=O)c1cc2c(C#N)c(N3CCC[C@@H](N)C3)n(Cc3ccccc3Cl)c2c(=O)[nH]1.Cl. The number of anilines is 1. The van der Waals surface area contributed by atoms with E-state index in [0.717, 1.165) is 18.4 Å². The van der Waals surface area contributed by atoms with E-state index < -0.39 is 11.5 Å². The van der Waals surface area contributed by atoms with Gasteiger partial charge in [-0.3, -0.25) is 4.79 Å². The number of nitrogens with two attached hydrogens (primary N) is 1. The van der Waals surface area contributed by atoms with Crippen molar-refractivity contribution < 1.29 is 9.53 Å². The number of benzene rings is 1. The molecule has 8 nitrogen and oxygen atoms in total. The highest BCUT2D eigenvalue weighted by Crippen LogP contribution is 2.34. The van der Waals surface area contributed by atoms with Crippen molar-refractivity contribution >= 4 is 46.7 Å². The van der Waals surface area contributed by atoms with Gasteiger partial charge in [0.1, 0.15) is 28.7 Å². The van der Waals surface area contributed by atoms with Crippen LogP contribution in [0.2, 0.25) is 5.02 Å². The van der Waals surface area contributed by atoms with Gasteiger partial charge in [0.2, 0.25) is 0 Å². The molecule has 1 atom stereocenters. The average Bonchev–Trinajstić information content (AvgIpc) is 3.09. The quantitative estimate of drug-likeness (QED) is 0.530. The maximum Gasteiger partial charge on any atom is 0.354 e. The molecular weight excluding hydrogens is 465 g/mol. The molecule has 1 fully saturated rings. The molecule has 4 rings (SSSR count). The van der Waals surface area contributed by atoms with Crippen LogP contribution in [0.1, 0.15) is 41.4 Å². The van der Waals surface area contributed by atoms with E-state index in [1.807, 2.05) is 23.1 Å². The maximum atomic E-state index is 13.2. The molecule has 1 aliphatic rings. The van der Waals surface area contributed by atoms with E-state index in [1.165, 1.54) is 6.07 Å². The molecule has 0 bridgehead atoms. The maximum absolute atomic E-state index is 13.2. The summed E-state index contributed by atoms with van der Waals surface area (Å²) >= 11 is 6.41. The second kappa shape index (κ2) is 10.3. The van der Waals surface area contributed by atoms with E-state index in [9.17, 15) is 14.9 Å². The summed E-state index contributed by atoms with van der Waals surface area (Å²) in [7, 11) is 0. The molecule has 1 aliphatic heterocycles. The zero-order chi connectivity index (χ0) is 22.8. The number of halogens is 2. The summed E-state index contributed by atoms with van der Waals surface area (Å²) in [6.07, 6.45) is 1.78. The number of aromatic nitrogens is 2. The third kappa shape index (κ3) is 4.71. The number of pyridine rings is 1. The van der Waals surface area contributed by atoms with Gasteiger partial charge < -0.3 is 24.9 Å². The Balaban J connectivity index is 0.00000306. The van der Waals surface area contributed by atoms with E-state index in [-0.39, 0.29) is 30.7 Å². The Kier molecular flexibility index (Phi) is 7.69. The Morgan fingerprint density at radius 1 is 1.39 bits per heavy atom. The third-order valence-electron chi connectivity index (χ3n) is 5.68. The second-order valence-corrected chi connectivity index (χ2v) is 8.24. The molecule has 2 aromatic heterocycles. The van der Waals surface area contributed by atoms with Gasteiger partial charge >= 0.3 is 5.97 Å². The summed E-state index contributed by atoms with van der Waals surface area (Å²) in [6, 6.07) is 11.1. The molecule has 3 N–H and O–H groups in total. The highest BCUT2D eigenvalue weighted by atomic mass is 35.5. The van der Waals surface area contributed by atoms with Crippen molar-refractivity contribution in [3.05, 3.63) is 62.5 Å². The molecule has 33 heavy (non-hydrogen) atoms. The lowest BCUT2D eigenvalue weighted by Crippen LogP contribution is -2.44. The second-order valence-electron chi connectivity index (χ2n) is 7.83. The highest BCUT2D eigenvalue weighted by Gasteiger charge is 2.28. The summed E-state index contributed by atoms with van der Waals surface area (Å²) in [5, 5.41) is 11.1. The Morgan fingerprint density at radius 2 is 2.15 bits per heavy atom. The number of nitrogens with one attached hydrogen (secondary N) is 1. The van der Waals surface area contributed by atoms with Crippen molar-refractivity contribution in [2.24, 2.45) is 5.73 Å². The third-order valence-corrected chi connectivity index (χ3v) is 6.05. The largest absolute Gasteiger partial charge is 0.461 e. The number of piperidine rings is 1. The molecule has 0 saturated carbocycles. The van der Waals surface area contributed by atoms with E-state index in [0.29, 0.717) is 46.9 Å². The van der Waals surface area contributed by atoms with Crippen molar-refractivity contribution in [1.29, 1.82) is 5.26 Å². The lowest BCUT2D eigenvalue weighted by molar-refractivity contribution is 0.0519. The van der Waals surface area contributed by atoms with Gasteiger partial charge in [0.05, 0.1) is 13.2 Å². The fourth-order valence-corrected chi connectivity index (χ4v) is 4.48. The normalized spacial score (nSPS) is 15.7. The zero-order valence-electron chi connectivity index (χ0n) is 18.1. The minimum absolute atomic E-state index is 0. The highest BCUT2D eigenvalue weighted by molar-refractivity contribution is 6.31. The predicted octanol–water partition coefficient (Wildman–Crippen LogP) is 3.43. The lowest BCUT2D eigenvalue weighted by Gasteiger charge is -2.33. The van der Waals surface area contributed by atoms with Gasteiger partial charge in [-0.15, -0.1) is 12.4 Å². The van der Waals surface area contributed by atoms with Crippen molar-refractivity contribution in [3.63, 3.8) is 0 Å². The molecule has 0 spiro atoms. The van der Waals surface area contributed by atoms with Crippen LogP contribution in [-0.4, -0.2) is 41.3 Å². The molecule has 1 aromatic carbocycles. The van der Waals surface area contributed by atoms with Crippen LogP contribution >= 0.6 is 24.0 Å². The summed E-state index contributed by atoms with van der Waals surface area (Å²) in [6.45, 7) is 3.43. The minimum atomic E-state index is -0.643. The van der Waals surface area contributed by atoms with Crippen molar-refractivity contribution in [2.75, 3.05) is 24.6 Å². The number of hydrogen-bond acceptors (Lipinski definition) is 6. The van der Waals surface area contributed by atoms with Crippen LogP contribution in [0, 0.1) is 11.3 Å². The van der Waals surface area contributed by atoms with E-state index in [2.05, 4.69) is 11.1 Å². The van der Waals surface area contributed by atoms with Gasteiger partial charge in [0.25, 0.3) is 5.56 Å². The van der Waals surface area contributed by atoms with Gasteiger partial charge in [0.15, 0.2) is 0 Å². The van der Waals surface area contributed by atoms with E-state index in [4.69, 9.17) is 22.1 Å². The Labute approximate surface area is 202 Å². The van der Waals surface area contributed by atoms with Crippen molar-refractivity contribution in [3.8, 4) is 6.07 Å². The van der Waals surface area contributed by atoms with Gasteiger partial charge in [-0.25, -0.2) is 4.79 Å². The monoisotopic (exact) mass is 489 g/mol. The molecule has 0 amide bonds. The number of H-pyrrole nitrogens is 1. The first-order chi connectivity index (χ1) is 15.4. The van der Waals surface area contributed by atoms with E-state index in [1.54, 1.807) is 17.6 Å². The molecule has 0 unspecified atom stereocenters. The first-order valence-electron chi connectivity index (χ1n) is 10.5. The fraction of sp³-hybridized carbons (Fsp3) is 0.348. The number of aromatic amines is 1. The van der Waals surface area contributed by atoms with Crippen LogP contribution in [0.15, 0.2) is 35.1 Å². The van der Waals surface area contributed by atoms with Crippen LogP contribution in [0.25, 0.3) is 10.9 Å². The fourth-order valence-electron chi connectivity index (χ4n) is 4.28. The first kappa shape index (κ1) is 24.6. The van der Waals surface area contributed by atoms with Gasteiger partial charge in [0, 0.05) is 29.5 Å². The number of carbonyl (C=O) groups excluding carboxylic acids is 1. The number of esters is 1. The lowest BCUT2D eigenvalue weighted by atomic mass is 10.1. The van der Waals surface area contributed by atoms with E-state index >= 15 is 0 Å². The Morgan fingerprint density at radius 3 is 2.82 bits per heavy atom. The van der Waals surface area contributed by atoms with Gasteiger partial charge in [-0.2, -0.15) is 5.26 Å². The number of ether oxygens (including phenoxy) is 1. The molecule has 0 aliphatic carbocycles. The number of carbonyl (C=O) groups is 1. The summed E-state index contributed by atoms with van der Waals surface area (Å²) in [5.41, 5.74) is 7.21. The first-order valence-corrected chi connectivity index (χ1v) is 10.9. The smallest absolute Gasteiger partial charge is 0.354 e. The van der Waals surface area contributed by atoms with Crippen molar-refractivity contribution in [2.45, 2.75) is 32.4 Å². The molecule has 1 saturated heterocycles.